The fourth-order valence-corrected chi connectivity index (χ4v) is 6.81. The van der Waals surface area contributed by atoms with E-state index in [1.54, 1.807) is 0 Å². The number of aryl methyl sites for hydroxylation is 1. The summed E-state index contributed by atoms with van der Waals surface area (Å²) in [6.07, 6.45) is 9.47. The molecule has 0 amide bonds. The second-order valence-corrected chi connectivity index (χ2v) is 12.4. The molecule has 0 bridgehead atoms. The Balaban J connectivity index is 1.46. The normalized spacial score (nSPS) is 22.7. The summed E-state index contributed by atoms with van der Waals surface area (Å²) in [6.45, 7) is 6.07. The zero-order valence-corrected chi connectivity index (χ0v) is 25.6. The minimum Gasteiger partial charge on any atom is -0.462 e. The second kappa shape index (κ2) is 17.7. The van der Waals surface area contributed by atoms with Crippen molar-refractivity contribution in [2.24, 2.45) is 17.8 Å². The van der Waals surface area contributed by atoms with Crippen LogP contribution in [0.3, 0.4) is 0 Å². The zero-order valence-electron chi connectivity index (χ0n) is 24.9. The van der Waals surface area contributed by atoms with Crippen molar-refractivity contribution in [2.45, 2.75) is 89.1 Å². The second-order valence-electron chi connectivity index (χ2n) is 12.0. The monoisotopic (exact) mass is 622 g/mol. The molecule has 2 saturated carbocycles. The first kappa shape index (κ1) is 34.9. The summed E-state index contributed by atoms with van der Waals surface area (Å²) >= 11 is 6.49. The highest BCUT2D eigenvalue weighted by Crippen LogP contribution is 2.45. The Kier molecular flexibility index (Phi) is 14.4. The quantitative estimate of drug-likeness (QED) is 0.156. The maximum atomic E-state index is 12.3. The summed E-state index contributed by atoms with van der Waals surface area (Å²) in [4.78, 5) is 24.1. The predicted octanol–water partition coefficient (Wildman–Crippen LogP) is 7.47. The first-order chi connectivity index (χ1) is 20.6. The van der Waals surface area contributed by atoms with E-state index in [1.165, 1.54) is 18.4 Å². The molecule has 0 aliphatic heterocycles. The molecule has 1 aromatic rings. The third-order valence-corrected chi connectivity index (χ3v) is 9.44. The van der Waals surface area contributed by atoms with Crippen molar-refractivity contribution in [1.82, 2.24) is 0 Å². The van der Waals surface area contributed by atoms with Gasteiger partial charge in [-0.25, -0.2) is 9.59 Å². The van der Waals surface area contributed by atoms with Crippen LogP contribution < -0.4 is 0 Å². The summed E-state index contributed by atoms with van der Waals surface area (Å²) in [6, 6.07) is 6.11. The Labute approximate surface area is 258 Å². The van der Waals surface area contributed by atoms with E-state index in [9.17, 15) is 23.5 Å². The molecule has 1 atom stereocenters. The molecule has 2 fully saturated rings. The molecular formula is C34H45ClF2O6. The number of halogens is 3. The van der Waals surface area contributed by atoms with E-state index in [1.807, 2.05) is 12.1 Å². The number of carbonyl (C=O) groups is 2. The van der Waals surface area contributed by atoms with Crippen LogP contribution in [-0.2, 0) is 25.5 Å². The number of esters is 2. The van der Waals surface area contributed by atoms with Crippen LogP contribution in [0.15, 0.2) is 54.7 Å². The Morgan fingerprint density at radius 1 is 0.953 bits per heavy atom. The van der Waals surface area contributed by atoms with Crippen LogP contribution in [0.5, 0.6) is 0 Å². The van der Waals surface area contributed by atoms with Gasteiger partial charge in [-0.3, -0.25) is 0 Å². The Morgan fingerprint density at radius 2 is 1.56 bits per heavy atom. The van der Waals surface area contributed by atoms with Gasteiger partial charge in [-0.15, -0.1) is 0 Å². The number of hydrogen-bond donors (Lipinski definition) is 2. The topological polar surface area (TPSA) is 93.1 Å². The molecule has 0 saturated heterocycles. The molecular weight excluding hydrogens is 578 g/mol. The Morgan fingerprint density at radius 3 is 2.14 bits per heavy atom. The van der Waals surface area contributed by atoms with Gasteiger partial charge in [0.15, 0.2) is 0 Å². The van der Waals surface area contributed by atoms with Crippen LogP contribution in [0.2, 0.25) is 5.02 Å². The average molecular weight is 623 g/mol. The van der Waals surface area contributed by atoms with Crippen molar-refractivity contribution in [2.75, 3.05) is 19.8 Å². The Hall–Kier alpha value is -2.55. The predicted molar refractivity (Wildman–Crippen MR) is 163 cm³/mol. The van der Waals surface area contributed by atoms with Crippen molar-refractivity contribution in [3.8, 4) is 0 Å². The summed E-state index contributed by atoms with van der Waals surface area (Å²) in [5, 5.41) is 18.9. The van der Waals surface area contributed by atoms with Gasteiger partial charge >= 0.3 is 11.9 Å². The van der Waals surface area contributed by atoms with Crippen LogP contribution in [0.25, 0.3) is 0 Å². The number of aliphatic hydroxyl groups is 2. The highest BCUT2D eigenvalue weighted by Gasteiger charge is 2.33. The van der Waals surface area contributed by atoms with Crippen molar-refractivity contribution >= 4 is 23.5 Å². The average Bonchev–Trinajstić information content (AvgIpc) is 3.01. The first-order valence-electron chi connectivity index (χ1n) is 15.4. The van der Waals surface area contributed by atoms with Gasteiger partial charge in [-0.05, 0) is 105 Å². The van der Waals surface area contributed by atoms with Crippen LogP contribution in [0.4, 0.5) is 8.78 Å². The lowest BCUT2D eigenvalue weighted by atomic mass is 9.68. The highest BCUT2D eigenvalue weighted by molar-refractivity contribution is 6.31. The maximum absolute atomic E-state index is 12.3. The number of rotatable bonds is 15. The zero-order chi connectivity index (χ0) is 31.4. The lowest BCUT2D eigenvalue weighted by molar-refractivity contribution is -0.148. The van der Waals surface area contributed by atoms with E-state index in [2.05, 4.69) is 19.2 Å². The summed E-state index contributed by atoms with van der Waals surface area (Å²) < 4.78 is 35.4. The smallest absolute Gasteiger partial charge is 0.336 e. The lowest BCUT2D eigenvalue weighted by Gasteiger charge is -2.38. The number of ether oxygens (including phenoxy) is 2. The van der Waals surface area contributed by atoms with E-state index in [0.29, 0.717) is 48.0 Å². The number of benzene rings is 1. The van der Waals surface area contributed by atoms with Crippen molar-refractivity contribution in [1.29, 1.82) is 0 Å². The summed E-state index contributed by atoms with van der Waals surface area (Å²) in [7, 11) is 0. The van der Waals surface area contributed by atoms with E-state index in [-0.39, 0.29) is 24.2 Å². The van der Waals surface area contributed by atoms with Crippen LogP contribution in [0.1, 0.15) is 87.7 Å². The molecule has 9 heteroatoms. The minimum absolute atomic E-state index is 0.0177. The van der Waals surface area contributed by atoms with Gasteiger partial charge in [0.2, 0.25) is 0 Å². The minimum atomic E-state index is -1.66. The summed E-state index contributed by atoms with van der Waals surface area (Å²) in [5.74, 6) is 0.888. The Bertz CT molecular complexity index is 1130. The third-order valence-electron chi connectivity index (χ3n) is 9.09. The van der Waals surface area contributed by atoms with Gasteiger partial charge in [0, 0.05) is 11.4 Å². The maximum Gasteiger partial charge on any atom is 0.336 e. The largest absolute Gasteiger partial charge is 0.462 e. The molecule has 1 aromatic carbocycles. The van der Waals surface area contributed by atoms with Gasteiger partial charge in [-0.1, -0.05) is 49.7 Å². The molecule has 0 heterocycles. The molecule has 3 rings (SSSR count). The molecule has 2 aliphatic carbocycles. The van der Waals surface area contributed by atoms with Gasteiger partial charge < -0.3 is 19.7 Å². The molecule has 1 unspecified atom stereocenters. The molecule has 0 aromatic heterocycles. The first-order valence-corrected chi connectivity index (χ1v) is 15.7. The third kappa shape index (κ3) is 11.1. The molecule has 6 nitrogen and oxygen atoms in total. The van der Waals surface area contributed by atoms with E-state index in [4.69, 9.17) is 26.2 Å². The molecule has 2 aliphatic rings. The lowest BCUT2D eigenvalue weighted by Crippen LogP contribution is -2.29. The van der Waals surface area contributed by atoms with Crippen LogP contribution in [-0.4, -0.2) is 48.1 Å². The standard InChI is InChI=1S/C34H45ClF2O6/c1-22(20-38)33(40)42-17-16-30(43-34(41)23(2)21-39)18-24-6-8-25(9-7-24)26-10-12-27(13-11-26)29-15-14-28(31(35)19-29)4-3-5-32(36)37/h5,14-15,19,24-27,30,38-39H,1-4,6-13,16-18,20-21H2. The van der Waals surface area contributed by atoms with Crippen molar-refractivity contribution in [3.63, 3.8) is 0 Å². The number of aliphatic hydroxyl groups excluding tert-OH is 2. The fraction of sp³-hybridized carbons (Fsp3) is 0.588. The molecule has 43 heavy (non-hydrogen) atoms. The van der Waals surface area contributed by atoms with Crippen molar-refractivity contribution < 1.29 is 38.1 Å². The fourth-order valence-electron chi connectivity index (χ4n) is 6.52. The SMILES string of the molecule is C=C(CO)C(=O)OCCC(CC1CCC(C2CCC(c3ccc(CCC=C(F)F)c(Cl)c3)CC2)CC1)OC(=O)C(=C)CO. The van der Waals surface area contributed by atoms with Crippen LogP contribution >= 0.6 is 11.6 Å². The van der Waals surface area contributed by atoms with Gasteiger partial charge in [0.1, 0.15) is 6.10 Å². The van der Waals surface area contributed by atoms with Gasteiger partial charge in [0.05, 0.1) is 31.0 Å². The summed E-state index contributed by atoms with van der Waals surface area (Å²) in [5.41, 5.74) is 2.08. The number of allylic oxidation sites excluding steroid dienone is 1. The number of hydrogen-bond acceptors (Lipinski definition) is 6. The molecule has 0 radical (unpaired) electrons. The molecule has 2 N–H and O–H groups in total. The highest BCUT2D eigenvalue weighted by atomic mass is 35.5. The van der Waals surface area contributed by atoms with Crippen molar-refractivity contribution in [3.05, 3.63) is 70.8 Å². The van der Waals surface area contributed by atoms with Gasteiger partial charge in [0.25, 0.3) is 6.08 Å². The van der Waals surface area contributed by atoms with Gasteiger partial charge in [-0.2, -0.15) is 8.78 Å². The van der Waals surface area contributed by atoms with E-state index in [0.717, 1.165) is 50.2 Å². The van der Waals surface area contributed by atoms with E-state index < -0.39 is 37.3 Å². The molecule has 0 spiro atoms. The van der Waals surface area contributed by atoms with E-state index >= 15 is 0 Å². The molecule has 238 valence electrons. The number of carbonyl (C=O) groups excluding carboxylic acids is 2. The van der Waals surface area contributed by atoms with Crippen LogP contribution in [0, 0.1) is 17.8 Å².